The van der Waals surface area contributed by atoms with E-state index in [1.54, 1.807) is 0 Å². The Morgan fingerprint density at radius 2 is 1.07 bits per heavy atom. The van der Waals surface area contributed by atoms with E-state index >= 15 is 0 Å². The van der Waals surface area contributed by atoms with E-state index in [-0.39, 0.29) is 93.2 Å². The first-order valence-corrected chi connectivity index (χ1v) is 17.7. The normalized spacial score (nSPS) is 25.8. The van der Waals surface area contributed by atoms with Crippen molar-refractivity contribution in [3.63, 3.8) is 0 Å². The van der Waals surface area contributed by atoms with Crippen LogP contribution in [-0.2, 0) is 28.7 Å². The first-order chi connectivity index (χ1) is 19.6. The van der Waals surface area contributed by atoms with Crippen LogP contribution in [0.15, 0.2) is 24.3 Å². The molecule has 238 valence electrons. The largest absolute Gasteiger partial charge is 0.465 e. The Morgan fingerprint density at radius 3 is 1.40 bits per heavy atom. The monoisotopic (exact) mass is 622 g/mol. The van der Waals surface area contributed by atoms with Gasteiger partial charge in [-0.1, -0.05) is 79.7 Å². The van der Waals surface area contributed by atoms with Crippen LogP contribution in [-0.4, -0.2) is 58.7 Å². The SMILES string of the molecule is CC(CC(=O)C1C(C)C=CCC1(C)C)SCC(=O)OCCCCOC(=O)CSC(C)CC(=O)C1C(C)C=CCC1(C)C. The predicted octanol–water partition coefficient (Wildman–Crippen LogP) is 7.49. The Hall–Kier alpha value is -1.54. The van der Waals surface area contributed by atoms with Gasteiger partial charge < -0.3 is 9.47 Å². The zero-order valence-corrected chi connectivity index (χ0v) is 28.7. The molecule has 2 rings (SSSR count). The molecule has 0 saturated heterocycles. The fourth-order valence-electron chi connectivity index (χ4n) is 6.55. The predicted molar refractivity (Wildman–Crippen MR) is 175 cm³/mol. The average molecular weight is 623 g/mol. The van der Waals surface area contributed by atoms with Crippen molar-refractivity contribution in [1.29, 1.82) is 0 Å². The summed E-state index contributed by atoms with van der Waals surface area (Å²) in [6.07, 6.45) is 12.6. The number of rotatable bonds is 17. The van der Waals surface area contributed by atoms with Gasteiger partial charge in [0.15, 0.2) is 0 Å². The van der Waals surface area contributed by atoms with E-state index < -0.39 is 0 Å². The second-order valence-corrected chi connectivity index (χ2v) is 16.5. The van der Waals surface area contributed by atoms with Gasteiger partial charge in [-0.2, -0.15) is 0 Å². The first-order valence-electron chi connectivity index (χ1n) is 15.6. The van der Waals surface area contributed by atoms with Crippen molar-refractivity contribution in [2.75, 3.05) is 24.7 Å². The number of ether oxygens (including phenoxy) is 2. The average Bonchev–Trinajstić information content (AvgIpc) is 2.87. The number of hydrogen-bond donors (Lipinski definition) is 0. The Morgan fingerprint density at radius 1 is 0.714 bits per heavy atom. The lowest BCUT2D eigenvalue weighted by atomic mass is 9.65. The maximum absolute atomic E-state index is 13.0. The van der Waals surface area contributed by atoms with Gasteiger partial charge >= 0.3 is 11.9 Å². The fourth-order valence-corrected chi connectivity index (χ4v) is 8.12. The molecule has 0 aromatic heterocycles. The van der Waals surface area contributed by atoms with Gasteiger partial charge in [0.05, 0.1) is 24.7 Å². The number of carbonyl (C=O) groups is 4. The van der Waals surface area contributed by atoms with Gasteiger partial charge in [-0.25, -0.2) is 0 Å². The van der Waals surface area contributed by atoms with Crippen LogP contribution < -0.4 is 0 Å². The standard InChI is InChI=1S/C34H54O6S2/c1-23-13-11-15-33(5,6)31(23)27(35)19-25(3)41-21-29(37)39-17-9-10-18-40-30(38)22-42-26(4)20-28(36)32-24(2)14-12-16-34(32,7)8/h11-14,23-26,31-32H,9-10,15-22H2,1-8H3. The summed E-state index contributed by atoms with van der Waals surface area (Å²) < 4.78 is 10.6. The van der Waals surface area contributed by atoms with Crippen molar-refractivity contribution in [3.8, 4) is 0 Å². The highest BCUT2D eigenvalue weighted by molar-refractivity contribution is 8.00. The fraction of sp³-hybridized carbons (Fsp3) is 0.765. The maximum Gasteiger partial charge on any atom is 0.315 e. The third kappa shape index (κ3) is 11.9. The number of allylic oxidation sites excluding steroid dienone is 4. The van der Waals surface area contributed by atoms with Crippen molar-refractivity contribution in [1.82, 2.24) is 0 Å². The van der Waals surface area contributed by atoms with E-state index in [1.807, 2.05) is 13.8 Å². The molecule has 6 unspecified atom stereocenters. The van der Waals surface area contributed by atoms with Gasteiger partial charge in [0.25, 0.3) is 0 Å². The summed E-state index contributed by atoms with van der Waals surface area (Å²) in [4.78, 5) is 50.3. The van der Waals surface area contributed by atoms with Gasteiger partial charge in [-0.05, 0) is 48.3 Å². The lowest BCUT2D eigenvalue weighted by molar-refractivity contribution is -0.143. The van der Waals surface area contributed by atoms with Crippen LogP contribution in [0, 0.1) is 34.5 Å². The molecule has 0 aliphatic heterocycles. The summed E-state index contributed by atoms with van der Waals surface area (Å²) in [5.41, 5.74) is -0.0764. The van der Waals surface area contributed by atoms with Crippen molar-refractivity contribution < 1.29 is 28.7 Å². The minimum Gasteiger partial charge on any atom is -0.465 e. The third-order valence-corrected chi connectivity index (χ3v) is 10.9. The lowest BCUT2D eigenvalue weighted by Crippen LogP contribution is -2.38. The van der Waals surface area contributed by atoms with Crippen LogP contribution in [0.2, 0.25) is 0 Å². The summed E-state index contributed by atoms with van der Waals surface area (Å²) in [7, 11) is 0. The van der Waals surface area contributed by atoms with Crippen molar-refractivity contribution >= 4 is 47.0 Å². The van der Waals surface area contributed by atoms with E-state index in [4.69, 9.17) is 9.47 Å². The second-order valence-electron chi connectivity index (χ2n) is 13.6. The van der Waals surface area contributed by atoms with E-state index in [1.165, 1.54) is 23.5 Å². The molecule has 42 heavy (non-hydrogen) atoms. The van der Waals surface area contributed by atoms with E-state index in [0.29, 0.717) is 25.7 Å². The second kappa shape index (κ2) is 17.1. The number of esters is 2. The van der Waals surface area contributed by atoms with Crippen LogP contribution in [0.25, 0.3) is 0 Å². The molecule has 0 amide bonds. The maximum atomic E-state index is 13.0. The summed E-state index contributed by atoms with van der Waals surface area (Å²) in [5, 5.41) is 0.105. The van der Waals surface area contributed by atoms with Crippen LogP contribution >= 0.6 is 23.5 Å². The molecule has 0 fully saturated rings. The minimum absolute atomic E-state index is 0.0125. The minimum atomic E-state index is -0.285. The van der Waals surface area contributed by atoms with Gasteiger partial charge in [0.1, 0.15) is 11.6 Å². The molecule has 0 saturated carbocycles. The van der Waals surface area contributed by atoms with Gasteiger partial charge in [-0.15, -0.1) is 23.5 Å². The molecular weight excluding hydrogens is 569 g/mol. The Kier molecular flexibility index (Phi) is 14.9. The van der Waals surface area contributed by atoms with Gasteiger partial charge in [-0.3, -0.25) is 19.2 Å². The van der Waals surface area contributed by atoms with Gasteiger partial charge in [0, 0.05) is 35.2 Å². The molecule has 0 heterocycles. The molecule has 2 aliphatic carbocycles. The van der Waals surface area contributed by atoms with E-state index in [0.717, 1.165) is 12.8 Å². The number of hydrogen-bond acceptors (Lipinski definition) is 8. The number of unbranched alkanes of at least 4 members (excludes halogenated alkanes) is 1. The van der Waals surface area contributed by atoms with Crippen LogP contribution in [0.1, 0.15) is 93.9 Å². The third-order valence-electron chi connectivity index (χ3n) is 8.61. The molecule has 0 aromatic carbocycles. The molecule has 0 aromatic rings. The number of carbonyl (C=O) groups excluding carboxylic acids is 4. The summed E-state index contributed by atoms with van der Waals surface area (Å²) in [6.45, 7) is 17.4. The van der Waals surface area contributed by atoms with Crippen molar-refractivity contribution in [2.45, 2.75) is 104 Å². The van der Waals surface area contributed by atoms with E-state index in [2.05, 4.69) is 65.8 Å². The summed E-state index contributed by atoms with van der Waals surface area (Å²) in [6, 6.07) is 0. The molecule has 8 heteroatoms. The molecule has 0 N–H and O–H groups in total. The Labute approximate surface area is 263 Å². The Balaban J connectivity index is 1.53. The van der Waals surface area contributed by atoms with E-state index in [9.17, 15) is 19.2 Å². The number of ketones is 2. The number of Topliss-reactive ketones (excluding diaryl/α,β-unsaturated/α-hetero) is 2. The zero-order chi connectivity index (χ0) is 31.5. The van der Waals surface area contributed by atoms with Crippen LogP contribution in [0.3, 0.4) is 0 Å². The first kappa shape index (κ1) is 36.7. The van der Waals surface area contributed by atoms with Gasteiger partial charge in [0.2, 0.25) is 0 Å². The summed E-state index contributed by atoms with van der Waals surface area (Å²) in [5.74, 6) is 0.922. The van der Waals surface area contributed by atoms with Crippen LogP contribution in [0.5, 0.6) is 0 Å². The highest BCUT2D eigenvalue weighted by Crippen LogP contribution is 2.43. The molecule has 2 aliphatic rings. The highest BCUT2D eigenvalue weighted by atomic mass is 32.2. The smallest absolute Gasteiger partial charge is 0.315 e. The van der Waals surface area contributed by atoms with Crippen molar-refractivity contribution in [2.24, 2.45) is 34.5 Å². The molecule has 6 nitrogen and oxygen atoms in total. The molecule has 0 spiro atoms. The molecule has 0 radical (unpaired) electrons. The van der Waals surface area contributed by atoms with Crippen LogP contribution in [0.4, 0.5) is 0 Å². The topological polar surface area (TPSA) is 86.7 Å². The highest BCUT2D eigenvalue weighted by Gasteiger charge is 2.40. The summed E-state index contributed by atoms with van der Waals surface area (Å²) >= 11 is 2.92. The zero-order valence-electron chi connectivity index (χ0n) is 27.1. The molecular formula is C34H54O6S2. The quantitative estimate of drug-likeness (QED) is 0.0937. The molecule has 0 bridgehead atoms. The number of thioether (sulfide) groups is 2. The lowest BCUT2D eigenvalue weighted by Gasteiger charge is -2.39. The van der Waals surface area contributed by atoms with Crippen molar-refractivity contribution in [3.05, 3.63) is 24.3 Å². The molecule has 6 atom stereocenters. The Bertz CT molecular complexity index is 907.